The summed E-state index contributed by atoms with van der Waals surface area (Å²) in [6.07, 6.45) is 1.55. The van der Waals surface area contributed by atoms with E-state index in [0.29, 0.717) is 16.2 Å². The summed E-state index contributed by atoms with van der Waals surface area (Å²) in [4.78, 5) is 25.7. The zero-order valence-corrected chi connectivity index (χ0v) is 15.0. The first-order valence-electron chi connectivity index (χ1n) is 8.08. The van der Waals surface area contributed by atoms with E-state index in [-0.39, 0.29) is 17.7 Å². The zero-order chi connectivity index (χ0) is 18.5. The maximum Gasteiger partial charge on any atom is 0.341 e. The van der Waals surface area contributed by atoms with Crippen LogP contribution in [-0.4, -0.2) is 17.0 Å². The molecule has 0 saturated heterocycles. The Morgan fingerprint density at radius 2 is 1.92 bits per heavy atom. The molecule has 2 aromatic heterocycles. The summed E-state index contributed by atoms with van der Waals surface area (Å²) in [6, 6.07) is 16.7. The number of aromatic nitrogens is 1. The quantitative estimate of drug-likeness (QED) is 0.510. The third kappa shape index (κ3) is 3.35. The maximum absolute atomic E-state index is 12.7. The van der Waals surface area contributed by atoms with Crippen molar-refractivity contribution in [3.63, 3.8) is 0 Å². The Kier molecular flexibility index (Phi) is 5.40. The van der Waals surface area contributed by atoms with E-state index in [9.17, 15) is 14.9 Å². The maximum atomic E-state index is 12.7. The molecule has 0 aliphatic carbocycles. The molecule has 3 aromatic rings. The number of nitrogens with zero attached hydrogens (tertiary/aromatic N) is 2. The van der Waals surface area contributed by atoms with Crippen LogP contribution in [0.15, 0.2) is 64.4 Å². The Bertz CT molecular complexity index is 1050. The molecular weight excluding hydrogens is 348 g/mol. The molecule has 0 fully saturated rings. The lowest BCUT2D eigenvalue weighted by molar-refractivity contribution is 0.0524. The Morgan fingerprint density at radius 1 is 1.19 bits per heavy atom. The minimum atomic E-state index is -0.539. The second-order valence-electron chi connectivity index (χ2n) is 5.45. The highest BCUT2D eigenvalue weighted by atomic mass is 32.2. The number of thioether (sulfide) groups is 1. The molecule has 0 spiro atoms. The highest BCUT2D eigenvalue weighted by Crippen LogP contribution is 2.31. The van der Waals surface area contributed by atoms with Crippen LogP contribution in [0.5, 0.6) is 0 Å². The van der Waals surface area contributed by atoms with Crippen molar-refractivity contribution < 1.29 is 9.53 Å². The number of ether oxygens (including phenoxy) is 1. The molecule has 2 heterocycles. The lowest BCUT2D eigenvalue weighted by Gasteiger charge is -2.14. The fourth-order valence-electron chi connectivity index (χ4n) is 2.66. The lowest BCUT2D eigenvalue weighted by atomic mass is 10.1. The first-order valence-corrected chi connectivity index (χ1v) is 9.07. The topological polar surface area (TPSA) is 71.6 Å². The molecule has 0 atom stereocenters. The van der Waals surface area contributed by atoms with Crippen LogP contribution >= 0.6 is 11.8 Å². The van der Waals surface area contributed by atoms with E-state index < -0.39 is 11.5 Å². The third-order valence-electron chi connectivity index (χ3n) is 3.82. The van der Waals surface area contributed by atoms with E-state index in [1.165, 1.54) is 16.2 Å². The van der Waals surface area contributed by atoms with E-state index >= 15 is 0 Å². The molecule has 3 rings (SSSR count). The molecule has 0 saturated carbocycles. The third-order valence-corrected chi connectivity index (χ3v) is 4.99. The zero-order valence-electron chi connectivity index (χ0n) is 14.1. The Balaban J connectivity index is 2.21. The molecular formula is C20H16N2O3S. The van der Waals surface area contributed by atoms with Crippen molar-refractivity contribution in [2.75, 3.05) is 6.61 Å². The normalized spacial score (nSPS) is 10.5. The number of carbonyl (C=O) groups excluding carboxylic acids is 1. The molecule has 0 bridgehead atoms. The van der Waals surface area contributed by atoms with Crippen molar-refractivity contribution in [2.45, 2.75) is 17.6 Å². The summed E-state index contributed by atoms with van der Waals surface area (Å²) >= 11 is 1.30. The van der Waals surface area contributed by atoms with Gasteiger partial charge in [-0.05, 0) is 24.6 Å². The fraction of sp³-hybridized carbons (Fsp3) is 0.150. The molecule has 0 unspecified atom stereocenters. The number of carbonyl (C=O) groups is 1. The number of nitriles is 1. The number of benzene rings is 1. The van der Waals surface area contributed by atoms with Crippen LogP contribution in [0.4, 0.5) is 0 Å². The second-order valence-corrected chi connectivity index (χ2v) is 6.43. The van der Waals surface area contributed by atoms with Crippen LogP contribution in [0.3, 0.4) is 0 Å². The van der Waals surface area contributed by atoms with Gasteiger partial charge in [0.2, 0.25) is 0 Å². The van der Waals surface area contributed by atoms with Gasteiger partial charge in [0.05, 0.1) is 17.7 Å². The van der Waals surface area contributed by atoms with Gasteiger partial charge in [-0.2, -0.15) is 5.26 Å². The number of esters is 1. The predicted octanol–water partition coefficient (Wildman–Crippen LogP) is 3.64. The van der Waals surface area contributed by atoms with Gasteiger partial charge >= 0.3 is 5.97 Å². The summed E-state index contributed by atoms with van der Waals surface area (Å²) in [5.41, 5.74) is 1.24. The lowest BCUT2D eigenvalue weighted by Crippen LogP contribution is -2.22. The number of rotatable bonds is 5. The standard InChI is InChI=1S/C20H16N2O3S/c1-2-25-20(24)17-16-10-6-7-11-22(16)19(23)15(12-21)18(17)26-13-14-8-4-3-5-9-14/h3-11H,2,13H2,1H3. The highest BCUT2D eigenvalue weighted by Gasteiger charge is 2.24. The van der Waals surface area contributed by atoms with Crippen LogP contribution < -0.4 is 5.56 Å². The minimum absolute atomic E-state index is 0.0438. The van der Waals surface area contributed by atoms with Gasteiger partial charge in [0.25, 0.3) is 5.56 Å². The van der Waals surface area contributed by atoms with Crippen LogP contribution in [0, 0.1) is 11.3 Å². The molecule has 1 aromatic carbocycles. The average Bonchev–Trinajstić information content (AvgIpc) is 2.67. The summed E-state index contributed by atoms with van der Waals surface area (Å²) in [6.45, 7) is 1.93. The van der Waals surface area contributed by atoms with E-state index in [4.69, 9.17) is 4.74 Å². The highest BCUT2D eigenvalue weighted by molar-refractivity contribution is 7.98. The van der Waals surface area contributed by atoms with Crippen LogP contribution in [-0.2, 0) is 10.5 Å². The summed E-state index contributed by atoms with van der Waals surface area (Å²) in [7, 11) is 0. The summed E-state index contributed by atoms with van der Waals surface area (Å²) < 4.78 is 6.51. The summed E-state index contributed by atoms with van der Waals surface area (Å²) in [5.74, 6) is -0.00653. The molecule has 26 heavy (non-hydrogen) atoms. The largest absolute Gasteiger partial charge is 0.462 e. The number of fused-ring (bicyclic) bond motifs is 1. The number of pyridine rings is 2. The number of hydrogen-bond acceptors (Lipinski definition) is 5. The summed E-state index contributed by atoms with van der Waals surface area (Å²) in [5, 5.41) is 9.56. The molecule has 0 aliphatic heterocycles. The van der Waals surface area contributed by atoms with Crippen LogP contribution in [0.1, 0.15) is 28.4 Å². The minimum Gasteiger partial charge on any atom is -0.462 e. The number of hydrogen-bond donors (Lipinski definition) is 0. The van der Waals surface area contributed by atoms with Crippen molar-refractivity contribution in [3.8, 4) is 6.07 Å². The Morgan fingerprint density at radius 3 is 2.62 bits per heavy atom. The van der Waals surface area contributed by atoms with Gasteiger partial charge in [-0.1, -0.05) is 36.4 Å². The molecule has 6 heteroatoms. The molecule has 0 amide bonds. The van der Waals surface area contributed by atoms with Crippen molar-refractivity contribution in [2.24, 2.45) is 0 Å². The first kappa shape index (κ1) is 17.8. The first-order chi connectivity index (χ1) is 12.7. The SMILES string of the molecule is CCOC(=O)c1c(SCc2ccccc2)c(C#N)c(=O)n2ccccc12. The molecule has 130 valence electrons. The molecule has 0 radical (unpaired) electrons. The Hall–Kier alpha value is -3.04. The van der Waals surface area contributed by atoms with Gasteiger partial charge in [0.1, 0.15) is 11.6 Å². The monoisotopic (exact) mass is 364 g/mol. The van der Waals surface area contributed by atoms with Gasteiger partial charge < -0.3 is 4.74 Å². The van der Waals surface area contributed by atoms with Crippen molar-refractivity contribution in [1.82, 2.24) is 4.40 Å². The van der Waals surface area contributed by atoms with E-state index in [2.05, 4.69) is 0 Å². The van der Waals surface area contributed by atoms with E-state index in [1.807, 2.05) is 36.4 Å². The molecule has 0 N–H and O–H groups in total. The van der Waals surface area contributed by atoms with Gasteiger partial charge in [0.15, 0.2) is 0 Å². The smallest absolute Gasteiger partial charge is 0.341 e. The van der Waals surface area contributed by atoms with Crippen molar-refractivity contribution >= 4 is 23.2 Å². The van der Waals surface area contributed by atoms with Crippen molar-refractivity contribution in [1.29, 1.82) is 5.26 Å². The Labute approximate surface area is 154 Å². The second kappa shape index (κ2) is 7.89. The van der Waals surface area contributed by atoms with Gasteiger partial charge in [-0.3, -0.25) is 9.20 Å². The van der Waals surface area contributed by atoms with Gasteiger partial charge in [-0.25, -0.2) is 4.79 Å². The van der Waals surface area contributed by atoms with Gasteiger partial charge in [-0.15, -0.1) is 11.8 Å². The van der Waals surface area contributed by atoms with Gasteiger partial charge in [0, 0.05) is 16.8 Å². The molecule has 5 nitrogen and oxygen atoms in total. The van der Waals surface area contributed by atoms with E-state index in [1.54, 1.807) is 31.3 Å². The fourth-order valence-corrected chi connectivity index (χ4v) is 3.77. The van der Waals surface area contributed by atoms with E-state index in [0.717, 1.165) is 5.56 Å². The molecule has 0 aliphatic rings. The predicted molar refractivity (Wildman–Crippen MR) is 100 cm³/mol. The van der Waals surface area contributed by atoms with Crippen molar-refractivity contribution in [3.05, 3.63) is 81.8 Å². The van der Waals surface area contributed by atoms with Crippen LogP contribution in [0.2, 0.25) is 0 Å². The van der Waals surface area contributed by atoms with Crippen LogP contribution in [0.25, 0.3) is 5.52 Å². The average molecular weight is 364 g/mol.